The fourth-order valence-electron chi connectivity index (χ4n) is 3.53. The van der Waals surface area contributed by atoms with Crippen molar-refractivity contribution in [2.45, 2.75) is 77.2 Å². The molecule has 0 bridgehead atoms. The number of rotatable bonds is 6. The normalized spacial score (nSPS) is 22.4. The summed E-state index contributed by atoms with van der Waals surface area (Å²) in [6, 6.07) is 0. The molecule has 0 aromatic rings. The van der Waals surface area contributed by atoms with Gasteiger partial charge in [-0.3, -0.25) is 0 Å². The highest BCUT2D eigenvalue weighted by Gasteiger charge is 2.45. The predicted octanol–water partition coefficient (Wildman–Crippen LogP) is 3.86. The Morgan fingerprint density at radius 1 is 1.18 bits per heavy atom. The second kappa shape index (κ2) is 6.19. The molecule has 1 saturated carbocycles. The molecule has 0 amide bonds. The molecule has 2 N–H and O–H groups in total. The molecule has 0 aromatic heterocycles. The third kappa shape index (κ3) is 3.96. The second-order valence-electron chi connectivity index (χ2n) is 6.78. The molecular weight excluding hydrogens is 210 g/mol. The summed E-state index contributed by atoms with van der Waals surface area (Å²) >= 11 is 0. The van der Waals surface area contributed by atoms with Crippen molar-refractivity contribution in [3.05, 3.63) is 0 Å². The first-order chi connectivity index (χ1) is 7.91. The largest absolute Gasteiger partial charge is 0.248 e. The summed E-state index contributed by atoms with van der Waals surface area (Å²) in [4.78, 5) is 0. The van der Waals surface area contributed by atoms with Gasteiger partial charge in [-0.2, -0.15) is 5.84 Å². The van der Waals surface area contributed by atoms with Crippen LogP contribution in [0.25, 0.3) is 0 Å². The van der Waals surface area contributed by atoms with Gasteiger partial charge in [0.05, 0.1) is 14.1 Å². The fourth-order valence-corrected chi connectivity index (χ4v) is 3.53. The van der Waals surface area contributed by atoms with Crippen LogP contribution in [0.4, 0.5) is 0 Å². The molecule has 1 rings (SSSR count). The highest BCUT2D eigenvalue weighted by atomic mass is 17.0. The zero-order chi connectivity index (χ0) is 12.9. The van der Waals surface area contributed by atoms with Crippen LogP contribution >= 0.6 is 0 Å². The fraction of sp³-hybridized carbons (Fsp3) is 1.00. The molecule has 1 aliphatic carbocycles. The lowest BCUT2D eigenvalue weighted by Crippen LogP contribution is -2.65. The van der Waals surface area contributed by atoms with Gasteiger partial charge in [0.2, 0.25) is 0 Å². The number of hydrogen-bond donors (Lipinski definition) is 1. The lowest BCUT2D eigenvalue weighted by Gasteiger charge is -2.48. The molecule has 1 unspecified atom stereocenters. The second-order valence-corrected chi connectivity index (χ2v) is 6.78. The number of nitrogens with zero attached hydrogens (tertiary/aromatic N) is 1. The van der Waals surface area contributed by atoms with Crippen LogP contribution in [0.5, 0.6) is 0 Å². The Balaban J connectivity index is 2.64. The standard InChI is InChI=1S/C15H33N2/c1-5-6-10-14(2)13-15(17(3,4)16)11-8-7-9-12-15/h14H,5-13,16H2,1-4H3/q+1/i17+2. The van der Waals surface area contributed by atoms with Crippen molar-refractivity contribution in [1.82, 2.24) is 0 Å². The molecule has 17 heavy (non-hydrogen) atoms. The SMILES string of the molecule is CCCCC(C)CC1([16N+](C)(C)N)CCCCC1. The molecule has 1 fully saturated rings. The van der Waals surface area contributed by atoms with Gasteiger partial charge >= 0.3 is 0 Å². The van der Waals surface area contributed by atoms with Gasteiger partial charge in [0.25, 0.3) is 0 Å². The van der Waals surface area contributed by atoms with E-state index in [9.17, 15) is 0 Å². The Labute approximate surface area is 108 Å². The van der Waals surface area contributed by atoms with E-state index in [1.54, 1.807) is 0 Å². The first-order valence-corrected chi connectivity index (χ1v) is 7.54. The first-order valence-electron chi connectivity index (χ1n) is 7.54. The van der Waals surface area contributed by atoms with Crippen LogP contribution in [-0.2, 0) is 0 Å². The molecule has 102 valence electrons. The third-order valence-electron chi connectivity index (χ3n) is 4.79. The van der Waals surface area contributed by atoms with Gasteiger partial charge in [0.1, 0.15) is 5.54 Å². The van der Waals surface area contributed by atoms with Crippen LogP contribution in [-0.4, -0.2) is 24.2 Å². The van der Waals surface area contributed by atoms with Crippen molar-refractivity contribution in [3.63, 3.8) is 0 Å². The quantitative estimate of drug-likeness (QED) is 0.428. The van der Waals surface area contributed by atoms with Gasteiger partial charge in [0.15, 0.2) is 0 Å². The molecule has 2 heteroatoms. The zero-order valence-electron chi connectivity index (χ0n) is 12.5. The molecule has 0 aromatic carbocycles. The number of quaternary nitrogens is 1. The number of hydrogen-bond acceptors (Lipinski definition) is 1. The minimum atomic E-state index is 0.353. The van der Waals surface area contributed by atoms with E-state index < -0.39 is 0 Å². The summed E-state index contributed by atoms with van der Waals surface area (Å²) < 4.78 is 0.670. The van der Waals surface area contributed by atoms with Gasteiger partial charge < -0.3 is 0 Å². The summed E-state index contributed by atoms with van der Waals surface area (Å²) in [5, 5.41) is 0. The monoisotopic (exact) mass is 243 g/mol. The molecule has 1 aliphatic rings. The van der Waals surface area contributed by atoms with Crippen LogP contribution in [0.3, 0.4) is 0 Å². The maximum absolute atomic E-state index is 6.46. The smallest absolute Gasteiger partial charge is 0.116 e. The van der Waals surface area contributed by atoms with Crippen LogP contribution in [0.15, 0.2) is 0 Å². The summed E-state index contributed by atoms with van der Waals surface area (Å²) in [5.41, 5.74) is 0.353. The highest BCUT2D eigenvalue weighted by molar-refractivity contribution is 4.85. The number of unbranched alkanes of at least 4 members (excludes halogenated alkanes) is 1. The van der Waals surface area contributed by atoms with Gasteiger partial charge in [-0.05, 0) is 18.8 Å². The van der Waals surface area contributed by atoms with Crippen LogP contribution in [0, 0.1) is 5.92 Å². The van der Waals surface area contributed by atoms with Crippen molar-refractivity contribution < 1.29 is 4.59 Å². The van der Waals surface area contributed by atoms with Crippen molar-refractivity contribution >= 4 is 0 Å². The van der Waals surface area contributed by atoms with Crippen LogP contribution in [0.1, 0.15) is 71.6 Å². The number of nitrogens with two attached hydrogens (primary N) is 1. The van der Waals surface area contributed by atoms with Crippen LogP contribution < -0.4 is 5.84 Å². The predicted molar refractivity (Wildman–Crippen MR) is 75.4 cm³/mol. The lowest BCUT2D eigenvalue weighted by molar-refractivity contribution is -0.956. The summed E-state index contributed by atoms with van der Waals surface area (Å²) in [6.07, 6.45) is 12.2. The summed E-state index contributed by atoms with van der Waals surface area (Å²) in [5.74, 6) is 7.29. The highest BCUT2D eigenvalue weighted by Crippen LogP contribution is 2.40. The van der Waals surface area contributed by atoms with E-state index in [2.05, 4.69) is 27.9 Å². The Bertz CT molecular complexity index is 211. The Kier molecular flexibility index (Phi) is 5.46. The topological polar surface area (TPSA) is 26.0 Å². The van der Waals surface area contributed by atoms with Crippen LogP contribution in [0.2, 0.25) is 0 Å². The third-order valence-corrected chi connectivity index (χ3v) is 4.79. The van der Waals surface area contributed by atoms with E-state index in [1.807, 2.05) is 0 Å². The van der Waals surface area contributed by atoms with E-state index in [1.165, 1.54) is 57.8 Å². The van der Waals surface area contributed by atoms with E-state index in [0.717, 1.165) is 5.92 Å². The Morgan fingerprint density at radius 2 is 1.76 bits per heavy atom. The van der Waals surface area contributed by atoms with E-state index in [0.29, 0.717) is 10.1 Å². The minimum Gasteiger partial charge on any atom is -0.248 e. The summed E-state index contributed by atoms with van der Waals surface area (Å²) in [7, 11) is 4.38. The molecule has 2 nitrogen and oxygen atoms in total. The average molecular weight is 243 g/mol. The molecular formula is C15H33N2+. The first kappa shape index (κ1) is 15.0. The van der Waals surface area contributed by atoms with Crippen molar-refractivity contribution in [1.29, 1.82) is 0 Å². The van der Waals surface area contributed by atoms with Gasteiger partial charge in [0, 0.05) is 19.3 Å². The van der Waals surface area contributed by atoms with Gasteiger partial charge in [-0.15, -0.1) is 0 Å². The molecule has 1 atom stereocenters. The minimum absolute atomic E-state index is 0.353. The Morgan fingerprint density at radius 3 is 2.24 bits per heavy atom. The van der Waals surface area contributed by atoms with E-state index >= 15 is 0 Å². The zero-order valence-corrected chi connectivity index (χ0v) is 12.5. The van der Waals surface area contributed by atoms with E-state index in [-0.39, 0.29) is 0 Å². The lowest BCUT2D eigenvalue weighted by atomic mass is 9.77. The van der Waals surface area contributed by atoms with Crippen molar-refractivity contribution in [2.24, 2.45) is 11.8 Å². The molecule has 0 saturated heterocycles. The van der Waals surface area contributed by atoms with Crippen molar-refractivity contribution in [3.8, 4) is 0 Å². The molecule has 0 heterocycles. The molecule has 0 radical (unpaired) electrons. The maximum atomic E-state index is 6.46. The van der Waals surface area contributed by atoms with E-state index in [4.69, 9.17) is 5.84 Å². The molecule has 0 aliphatic heterocycles. The van der Waals surface area contributed by atoms with Gasteiger partial charge in [-0.25, -0.2) is 4.59 Å². The molecule has 0 spiro atoms. The van der Waals surface area contributed by atoms with Crippen molar-refractivity contribution in [2.75, 3.05) is 14.1 Å². The maximum Gasteiger partial charge on any atom is 0.116 e. The Hall–Kier alpha value is -0.0800. The summed E-state index contributed by atoms with van der Waals surface area (Å²) in [6.45, 7) is 4.70. The van der Waals surface area contributed by atoms with Gasteiger partial charge in [-0.1, -0.05) is 39.5 Å². The average Bonchev–Trinajstić information content (AvgIpc) is 2.26.